The first-order valence-electron chi connectivity index (χ1n) is 10.1. The van der Waals surface area contributed by atoms with Crippen LogP contribution in [0.4, 0.5) is 5.69 Å². The lowest BCUT2D eigenvalue weighted by Gasteiger charge is -2.12. The van der Waals surface area contributed by atoms with Crippen LogP contribution in [0.15, 0.2) is 36.8 Å². The maximum Gasteiger partial charge on any atom is 0.253 e. The van der Waals surface area contributed by atoms with Crippen molar-refractivity contribution in [2.75, 3.05) is 19.0 Å². The number of amides is 2. The molecular formula is C22H25N5O3. The Morgan fingerprint density at radius 3 is 2.77 bits per heavy atom. The Hall–Kier alpha value is -3.42. The number of hydrogen-bond donors (Lipinski definition) is 2. The summed E-state index contributed by atoms with van der Waals surface area (Å²) in [6, 6.07) is 7.65. The predicted octanol–water partition coefficient (Wildman–Crippen LogP) is 3.23. The first kappa shape index (κ1) is 19.9. The number of rotatable bonds is 6. The summed E-state index contributed by atoms with van der Waals surface area (Å²) in [5.41, 5.74) is 3.41. The van der Waals surface area contributed by atoms with Crippen LogP contribution in [0.25, 0.3) is 11.2 Å². The summed E-state index contributed by atoms with van der Waals surface area (Å²) in [7, 11) is 1.54. The van der Waals surface area contributed by atoms with Gasteiger partial charge >= 0.3 is 0 Å². The van der Waals surface area contributed by atoms with Gasteiger partial charge in [-0.15, -0.1) is 0 Å². The fourth-order valence-electron chi connectivity index (χ4n) is 3.87. The van der Waals surface area contributed by atoms with Crippen LogP contribution in [0, 0.1) is 6.92 Å². The molecule has 156 valence electrons. The zero-order valence-corrected chi connectivity index (χ0v) is 17.1. The molecule has 0 spiro atoms. The molecule has 3 aromatic rings. The van der Waals surface area contributed by atoms with Gasteiger partial charge in [-0.1, -0.05) is 18.9 Å². The summed E-state index contributed by atoms with van der Waals surface area (Å²) in [5.74, 6) is -0.147. The Morgan fingerprint density at radius 2 is 2.00 bits per heavy atom. The quantitative estimate of drug-likeness (QED) is 0.654. The lowest BCUT2D eigenvalue weighted by atomic mass is 10.2. The molecule has 0 saturated heterocycles. The van der Waals surface area contributed by atoms with E-state index in [9.17, 15) is 9.59 Å². The van der Waals surface area contributed by atoms with Crippen molar-refractivity contribution < 1.29 is 14.3 Å². The molecule has 30 heavy (non-hydrogen) atoms. The fraction of sp³-hybridized carbons (Fsp3) is 0.364. The Morgan fingerprint density at radius 1 is 1.20 bits per heavy atom. The second-order valence-electron chi connectivity index (χ2n) is 7.59. The van der Waals surface area contributed by atoms with Crippen molar-refractivity contribution in [3.8, 4) is 5.75 Å². The molecule has 0 aliphatic heterocycles. The molecule has 0 atom stereocenters. The van der Waals surface area contributed by atoms with E-state index in [-0.39, 0.29) is 18.4 Å². The van der Waals surface area contributed by atoms with Crippen molar-refractivity contribution in [1.82, 2.24) is 19.9 Å². The lowest BCUT2D eigenvalue weighted by Crippen LogP contribution is -2.33. The molecule has 8 heteroatoms. The van der Waals surface area contributed by atoms with Crippen LogP contribution in [0.5, 0.6) is 5.75 Å². The van der Waals surface area contributed by atoms with Crippen LogP contribution in [0.1, 0.15) is 47.6 Å². The maximum absolute atomic E-state index is 12.5. The molecule has 0 bridgehead atoms. The van der Waals surface area contributed by atoms with E-state index < -0.39 is 0 Å². The third-order valence-electron chi connectivity index (χ3n) is 5.43. The van der Waals surface area contributed by atoms with Crippen molar-refractivity contribution in [3.63, 3.8) is 0 Å². The van der Waals surface area contributed by atoms with Gasteiger partial charge in [-0.25, -0.2) is 9.97 Å². The van der Waals surface area contributed by atoms with Crippen LogP contribution >= 0.6 is 0 Å². The smallest absolute Gasteiger partial charge is 0.253 e. The first-order valence-corrected chi connectivity index (χ1v) is 10.1. The largest absolute Gasteiger partial charge is 0.495 e. The second-order valence-corrected chi connectivity index (χ2v) is 7.59. The minimum Gasteiger partial charge on any atom is -0.495 e. The number of methoxy groups -OCH3 is 1. The molecule has 2 amide bonds. The highest BCUT2D eigenvalue weighted by molar-refractivity contribution is 6.00. The molecule has 1 aliphatic rings. The van der Waals surface area contributed by atoms with E-state index in [4.69, 9.17) is 4.74 Å². The van der Waals surface area contributed by atoms with Gasteiger partial charge in [-0.2, -0.15) is 0 Å². The highest BCUT2D eigenvalue weighted by Gasteiger charge is 2.20. The Kier molecular flexibility index (Phi) is 5.65. The monoisotopic (exact) mass is 407 g/mol. The number of anilines is 1. The summed E-state index contributed by atoms with van der Waals surface area (Å²) < 4.78 is 7.36. The molecule has 4 rings (SSSR count). The highest BCUT2D eigenvalue weighted by Crippen LogP contribution is 2.31. The molecule has 0 unspecified atom stereocenters. The lowest BCUT2D eigenvalue weighted by molar-refractivity contribution is -0.115. The number of pyridine rings is 1. The molecule has 1 saturated carbocycles. The minimum atomic E-state index is -0.369. The van der Waals surface area contributed by atoms with Gasteiger partial charge < -0.3 is 19.9 Å². The molecular weight excluding hydrogens is 382 g/mol. The van der Waals surface area contributed by atoms with E-state index in [1.165, 1.54) is 19.0 Å². The maximum atomic E-state index is 12.5. The second kappa shape index (κ2) is 8.52. The standard InChI is InChI=1S/C22H25N5O3/c1-14-7-8-19(30-2)17(9-14)26-20(28)12-24-22(29)15-10-18-21(23-11-15)27(13-25-18)16-5-3-4-6-16/h7-11,13,16H,3-6,12H2,1-2H3,(H,24,29)(H,26,28). The van der Waals surface area contributed by atoms with Gasteiger partial charge in [0.2, 0.25) is 5.91 Å². The van der Waals surface area contributed by atoms with Crippen LogP contribution in [-0.4, -0.2) is 40.0 Å². The average Bonchev–Trinajstić information content (AvgIpc) is 3.41. The third kappa shape index (κ3) is 4.12. The summed E-state index contributed by atoms with van der Waals surface area (Å²) in [6.45, 7) is 1.76. The van der Waals surface area contributed by atoms with E-state index >= 15 is 0 Å². The van der Waals surface area contributed by atoms with E-state index in [1.807, 2.05) is 19.1 Å². The van der Waals surface area contributed by atoms with Crippen LogP contribution < -0.4 is 15.4 Å². The van der Waals surface area contributed by atoms with Gasteiger partial charge in [0, 0.05) is 12.2 Å². The number of carbonyl (C=O) groups excluding carboxylic acids is 2. The number of aryl methyl sites for hydroxylation is 1. The Bertz CT molecular complexity index is 1090. The SMILES string of the molecule is COc1ccc(C)cc1NC(=O)CNC(=O)c1cnc2c(c1)ncn2C1CCCC1. The molecule has 2 N–H and O–H groups in total. The van der Waals surface area contributed by atoms with Gasteiger partial charge in [0.15, 0.2) is 5.65 Å². The van der Waals surface area contributed by atoms with Gasteiger partial charge in [-0.05, 0) is 43.5 Å². The van der Waals surface area contributed by atoms with Crippen LogP contribution in [0.3, 0.4) is 0 Å². The number of nitrogens with one attached hydrogen (secondary N) is 2. The number of fused-ring (bicyclic) bond motifs is 1. The highest BCUT2D eigenvalue weighted by atomic mass is 16.5. The van der Waals surface area contributed by atoms with Gasteiger partial charge in [0.1, 0.15) is 11.3 Å². The third-order valence-corrected chi connectivity index (χ3v) is 5.43. The minimum absolute atomic E-state index is 0.162. The summed E-state index contributed by atoms with van der Waals surface area (Å²) in [5, 5.41) is 5.39. The molecule has 8 nitrogen and oxygen atoms in total. The van der Waals surface area contributed by atoms with Crippen LogP contribution in [-0.2, 0) is 4.79 Å². The molecule has 1 aliphatic carbocycles. The zero-order valence-electron chi connectivity index (χ0n) is 17.1. The van der Waals surface area contributed by atoms with E-state index in [2.05, 4.69) is 25.2 Å². The topological polar surface area (TPSA) is 98.1 Å². The molecule has 0 radical (unpaired) electrons. The molecule has 1 fully saturated rings. The molecule has 1 aromatic carbocycles. The Labute approximate surface area is 174 Å². The average molecular weight is 407 g/mol. The van der Waals surface area contributed by atoms with Crippen LogP contribution in [0.2, 0.25) is 0 Å². The van der Waals surface area contributed by atoms with Crippen molar-refractivity contribution in [1.29, 1.82) is 0 Å². The first-order chi connectivity index (χ1) is 14.5. The fourth-order valence-corrected chi connectivity index (χ4v) is 3.87. The molecule has 2 heterocycles. The summed E-state index contributed by atoms with van der Waals surface area (Å²) in [6.07, 6.45) is 8.05. The summed E-state index contributed by atoms with van der Waals surface area (Å²) >= 11 is 0. The normalized spacial score (nSPS) is 14.1. The number of nitrogens with zero attached hydrogens (tertiary/aromatic N) is 3. The van der Waals surface area contributed by atoms with Crippen molar-refractivity contribution in [3.05, 3.63) is 47.9 Å². The van der Waals surface area contributed by atoms with Crippen molar-refractivity contribution in [2.24, 2.45) is 0 Å². The Balaban J connectivity index is 1.39. The van der Waals surface area contributed by atoms with Gasteiger partial charge in [-0.3, -0.25) is 9.59 Å². The number of ether oxygens (including phenoxy) is 1. The molecule has 2 aromatic heterocycles. The zero-order chi connectivity index (χ0) is 21.1. The number of benzene rings is 1. The number of carbonyl (C=O) groups is 2. The van der Waals surface area contributed by atoms with Crippen molar-refractivity contribution >= 4 is 28.7 Å². The number of imidazole rings is 1. The van der Waals surface area contributed by atoms with E-state index in [1.54, 1.807) is 25.6 Å². The predicted molar refractivity (Wildman–Crippen MR) is 114 cm³/mol. The van der Waals surface area contributed by atoms with E-state index in [0.717, 1.165) is 24.1 Å². The van der Waals surface area contributed by atoms with E-state index in [0.29, 0.717) is 28.6 Å². The number of aromatic nitrogens is 3. The van der Waals surface area contributed by atoms with Gasteiger partial charge in [0.25, 0.3) is 5.91 Å². The van der Waals surface area contributed by atoms with Crippen molar-refractivity contribution in [2.45, 2.75) is 38.6 Å². The number of hydrogen-bond acceptors (Lipinski definition) is 5. The van der Waals surface area contributed by atoms with Gasteiger partial charge in [0.05, 0.1) is 31.2 Å². The summed E-state index contributed by atoms with van der Waals surface area (Å²) in [4.78, 5) is 33.6.